The van der Waals surface area contributed by atoms with Crippen molar-refractivity contribution >= 4 is 11.6 Å². The fraction of sp³-hybridized carbons (Fsp3) is 0.0500. The van der Waals surface area contributed by atoms with Gasteiger partial charge in [-0.15, -0.1) is 0 Å². The van der Waals surface area contributed by atoms with Gasteiger partial charge in [-0.1, -0.05) is 54.1 Å². The van der Waals surface area contributed by atoms with E-state index in [0.29, 0.717) is 23.0 Å². The van der Waals surface area contributed by atoms with Crippen molar-refractivity contribution in [2.24, 2.45) is 0 Å². The van der Waals surface area contributed by atoms with Gasteiger partial charge < -0.3 is 0 Å². The Morgan fingerprint density at radius 2 is 1.72 bits per heavy atom. The van der Waals surface area contributed by atoms with E-state index in [1.54, 1.807) is 12.1 Å². The number of rotatable bonds is 3. The quantitative estimate of drug-likeness (QED) is 0.560. The van der Waals surface area contributed by atoms with Crippen LogP contribution < -0.4 is 5.56 Å². The van der Waals surface area contributed by atoms with Crippen molar-refractivity contribution in [1.82, 2.24) is 14.8 Å². The van der Waals surface area contributed by atoms with Crippen molar-refractivity contribution in [1.29, 1.82) is 0 Å². The third-order valence-electron chi connectivity index (χ3n) is 3.93. The van der Waals surface area contributed by atoms with Crippen LogP contribution in [0.3, 0.4) is 0 Å². The highest BCUT2D eigenvalue weighted by Crippen LogP contribution is 2.30. The monoisotopic (exact) mass is 347 g/mol. The van der Waals surface area contributed by atoms with Crippen LogP contribution in [0.1, 0.15) is 5.56 Å². The summed E-state index contributed by atoms with van der Waals surface area (Å²) in [5, 5.41) is 5.32. The Kier molecular flexibility index (Phi) is 4.04. The van der Waals surface area contributed by atoms with Gasteiger partial charge in [-0.25, -0.2) is 4.98 Å². The van der Waals surface area contributed by atoms with E-state index < -0.39 is 0 Å². The molecule has 0 bridgehead atoms. The summed E-state index contributed by atoms with van der Waals surface area (Å²) in [6, 6.07) is 20.8. The summed E-state index contributed by atoms with van der Waals surface area (Å²) in [4.78, 5) is 15.9. The maximum Gasteiger partial charge on any atom is 0.270 e. The summed E-state index contributed by atoms with van der Waals surface area (Å²) in [5.41, 5.74) is 3.79. The zero-order valence-electron chi connectivity index (χ0n) is 13.3. The molecule has 2 aromatic rings. The molecule has 0 aliphatic carbocycles. The number of pyridine rings is 1. The summed E-state index contributed by atoms with van der Waals surface area (Å²) >= 11 is 6.13. The summed E-state index contributed by atoms with van der Waals surface area (Å²) in [5.74, 6) is 0. The average Bonchev–Trinajstić information content (AvgIpc) is 2.62. The Balaban J connectivity index is 1.90. The first-order valence-electron chi connectivity index (χ1n) is 7.87. The predicted molar refractivity (Wildman–Crippen MR) is 98.9 cm³/mol. The molecular weight excluding hydrogens is 334 g/mol. The van der Waals surface area contributed by atoms with E-state index in [0.717, 1.165) is 16.7 Å². The fourth-order valence-corrected chi connectivity index (χ4v) is 2.98. The summed E-state index contributed by atoms with van der Waals surface area (Å²) in [6.07, 6.45) is 1.91. The Labute approximate surface area is 149 Å². The van der Waals surface area contributed by atoms with E-state index in [1.807, 2.05) is 47.3 Å². The van der Waals surface area contributed by atoms with Gasteiger partial charge in [0, 0.05) is 28.4 Å². The summed E-state index contributed by atoms with van der Waals surface area (Å²) in [6.45, 7) is 0.628. The van der Waals surface area contributed by atoms with Gasteiger partial charge in [0.2, 0.25) is 0 Å². The third kappa shape index (κ3) is 3.30. The second-order valence-electron chi connectivity index (χ2n) is 5.76. The Morgan fingerprint density at radius 1 is 0.880 bits per heavy atom. The average molecular weight is 348 g/mol. The highest BCUT2D eigenvalue weighted by molar-refractivity contribution is 6.30. The van der Waals surface area contributed by atoms with Crippen molar-refractivity contribution in [2.45, 2.75) is 6.54 Å². The number of aromatic nitrogens is 3. The van der Waals surface area contributed by atoms with Gasteiger partial charge in [-0.2, -0.15) is 5.10 Å². The molecule has 2 aliphatic heterocycles. The van der Waals surface area contributed by atoms with Crippen LogP contribution in [0.25, 0.3) is 22.5 Å². The van der Waals surface area contributed by atoms with Gasteiger partial charge in [-0.3, -0.25) is 9.48 Å². The second kappa shape index (κ2) is 6.49. The van der Waals surface area contributed by atoms with Crippen LogP contribution in [0.15, 0.2) is 77.7 Å². The molecule has 0 radical (unpaired) electrons. The molecule has 4 rings (SSSR count). The first-order chi connectivity index (χ1) is 12.2. The first kappa shape index (κ1) is 15.5. The Bertz CT molecular complexity index is 1060. The lowest BCUT2D eigenvalue weighted by Gasteiger charge is -2.15. The lowest BCUT2D eigenvalue weighted by atomic mass is 10.0. The van der Waals surface area contributed by atoms with Gasteiger partial charge in [0.1, 0.15) is 11.4 Å². The van der Waals surface area contributed by atoms with Crippen molar-refractivity contribution in [3.8, 4) is 22.5 Å². The van der Waals surface area contributed by atoms with E-state index in [-0.39, 0.29) is 5.56 Å². The topological polar surface area (TPSA) is 47.8 Å². The molecule has 0 unspecified atom stereocenters. The molecule has 0 spiro atoms. The minimum absolute atomic E-state index is 0.279. The Morgan fingerprint density at radius 3 is 2.52 bits per heavy atom. The lowest BCUT2D eigenvalue weighted by molar-refractivity contribution is 0.668. The minimum atomic E-state index is -0.279. The van der Waals surface area contributed by atoms with Crippen molar-refractivity contribution in [2.75, 3.05) is 0 Å². The van der Waals surface area contributed by atoms with E-state index in [2.05, 4.69) is 17.1 Å². The molecule has 25 heavy (non-hydrogen) atoms. The van der Waals surface area contributed by atoms with Crippen molar-refractivity contribution in [3.05, 3.63) is 93.9 Å². The van der Waals surface area contributed by atoms with Gasteiger partial charge in [0.05, 0.1) is 6.54 Å². The summed E-state index contributed by atoms with van der Waals surface area (Å²) < 4.78 is 1.86. The standard InChI is InChI=1S/C20H14ClN3O/c21-17-8-4-7-15(11-17)20-19-16(9-10-18(25)22-19)13-24(23-20)12-14-5-2-1-3-6-14/h1-11,13H,12H2. The molecule has 2 aromatic carbocycles. The second-order valence-corrected chi connectivity index (χ2v) is 6.19. The Hall–Kier alpha value is -2.98. The van der Waals surface area contributed by atoms with Crippen LogP contribution in [0.5, 0.6) is 0 Å². The minimum Gasteiger partial charge on any atom is -0.267 e. The molecule has 0 saturated carbocycles. The van der Waals surface area contributed by atoms with Crippen LogP contribution >= 0.6 is 11.6 Å². The molecule has 0 atom stereocenters. The van der Waals surface area contributed by atoms with Crippen LogP contribution in [0, 0.1) is 0 Å². The molecule has 0 saturated heterocycles. The molecule has 5 heteroatoms. The van der Waals surface area contributed by atoms with Gasteiger partial charge in [0.15, 0.2) is 0 Å². The third-order valence-corrected chi connectivity index (χ3v) is 4.16. The maximum atomic E-state index is 11.7. The molecule has 2 aliphatic rings. The zero-order valence-corrected chi connectivity index (χ0v) is 14.0. The van der Waals surface area contributed by atoms with Crippen LogP contribution in [0.2, 0.25) is 5.02 Å². The highest BCUT2D eigenvalue weighted by atomic mass is 35.5. The maximum absolute atomic E-state index is 11.7. The number of halogens is 1. The molecule has 2 heterocycles. The molecule has 4 nitrogen and oxygen atoms in total. The van der Waals surface area contributed by atoms with Gasteiger partial charge in [-0.05, 0) is 23.8 Å². The molecule has 0 aromatic heterocycles. The van der Waals surface area contributed by atoms with Crippen LogP contribution in [0.4, 0.5) is 0 Å². The number of fused-ring (bicyclic) bond motifs is 1. The summed E-state index contributed by atoms with van der Waals surface area (Å²) in [7, 11) is 0. The van der Waals surface area contributed by atoms with Crippen molar-refractivity contribution < 1.29 is 0 Å². The fourth-order valence-electron chi connectivity index (χ4n) is 2.79. The zero-order chi connectivity index (χ0) is 17.2. The molecular formula is C20H14ClN3O. The highest BCUT2D eigenvalue weighted by Gasteiger charge is 2.15. The number of hydrogen-bond acceptors (Lipinski definition) is 3. The van der Waals surface area contributed by atoms with E-state index in [9.17, 15) is 4.79 Å². The van der Waals surface area contributed by atoms with Gasteiger partial charge in [0.25, 0.3) is 5.56 Å². The SMILES string of the molecule is O=c1ccc2cn(Cc3ccccc3)nc(-c3cccc(Cl)c3)c-2n1. The molecule has 122 valence electrons. The van der Waals surface area contributed by atoms with E-state index in [1.165, 1.54) is 6.07 Å². The van der Waals surface area contributed by atoms with Crippen LogP contribution in [-0.4, -0.2) is 14.8 Å². The normalized spacial score (nSPS) is 10.9. The molecule has 0 fully saturated rings. The number of nitrogens with zero attached hydrogens (tertiary/aromatic N) is 3. The largest absolute Gasteiger partial charge is 0.270 e. The van der Waals surface area contributed by atoms with Gasteiger partial charge >= 0.3 is 0 Å². The number of benzene rings is 2. The van der Waals surface area contributed by atoms with Crippen molar-refractivity contribution in [3.63, 3.8) is 0 Å². The van der Waals surface area contributed by atoms with E-state index in [4.69, 9.17) is 16.7 Å². The van der Waals surface area contributed by atoms with Crippen LogP contribution in [-0.2, 0) is 6.54 Å². The first-order valence-corrected chi connectivity index (χ1v) is 8.25. The van der Waals surface area contributed by atoms with E-state index >= 15 is 0 Å². The molecule has 0 N–H and O–H groups in total. The number of hydrogen-bond donors (Lipinski definition) is 0. The predicted octanol–water partition coefficient (Wildman–Crippen LogP) is 4.11. The smallest absolute Gasteiger partial charge is 0.267 e. The molecule has 0 amide bonds. The lowest BCUT2D eigenvalue weighted by Crippen LogP contribution is -2.13.